The summed E-state index contributed by atoms with van der Waals surface area (Å²) in [6, 6.07) is 11.1. The molecule has 2 aromatic rings. The van der Waals surface area contributed by atoms with E-state index in [0.29, 0.717) is 14.5 Å². The molecule has 122 valence electrons. The zero-order chi connectivity index (χ0) is 17.3. The van der Waals surface area contributed by atoms with Crippen LogP contribution in [-0.2, 0) is 4.79 Å². The molecule has 0 unspecified atom stereocenters. The Kier molecular flexibility index (Phi) is 4.78. The van der Waals surface area contributed by atoms with Crippen molar-refractivity contribution >= 4 is 50.5 Å². The van der Waals surface area contributed by atoms with Crippen LogP contribution in [0.5, 0.6) is 5.75 Å². The van der Waals surface area contributed by atoms with E-state index >= 15 is 0 Å². The van der Waals surface area contributed by atoms with Gasteiger partial charge in [0.2, 0.25) is 0 Å². The van der Waals surface area contributed by atoms with Crippen LogP contribution in [0, 0.1) is 13.8 Å². The number of nitrogens with zero attached hydrogens (tertiary/aromatic N) is 1. The fraction of sp³-hybridized carbons (Fsp3) is 0.111. The van der Waals surface area contributed by atoms with Crippen molar-refractivity contribution in [1.82, 2.24) is 5.32 Å². The molecule has 3 rings (SSSR count). The number of benzene rings is 2. The lowest BCUT2D eigenvalue weighted by Gasteiger charge is -2.01. The Balaban J connectivity index is 1.86. The van der Waals surface area contributed by atoms with Crippen molar-refractivity contribution in [3.8, 4) is 5.75 Å². The van der Waals surface area contributed by atoms with Crippen LogP contribution in [0.1, 0.15) is 16.7 Å². The molecule has 0 aromatic heterocycles. The molecule has 1 heterocycles. The number of rotatable bonds is 2. The van der Waals surface area contributed by atoms with Crippen molar-refractivity contribution in [3.63, 3.8) is 0 Å². The quantitative estimate of drug-likeness (QED) is 0.717. The van der Waals surface area contributed by atoms with Gasteiger partial charge in [-0.25, -0.2) is 4.99 Å². The van der Waals surface area contributed by atoms with E-state index < -0.39 is 0 Å². The fourth-order valence-corrected chi connectivity index (χ4v) is 3.62. The normalized spacial score (nSPS) is 17.5. The molecule has 1 saturated heterocycles. The molecule has 2 N–H and O–H groups in total. The lowest BCUT2D eigenvalue weighted by Crippen LogP contribution is -2.19. The van der Waals surface area contributed by atoms with E-state index in [4.69, 9.17) is 0 Å². The number of phenols is 1. The third-order valence-electron chi connectivity index (χ3n) is 3.36. The number of carbonyl (C=O) groups excluding carboxylic acids is 1. The highest BCUT2D eigenvalue weighted by atomic mass is 79.9. The van der Waals surface area contributed by atoms with Crippen LogP contribution >= 0.6 is 27.7 Å². The van der Waals surface area contributed by atoms with E-state index in [0.717, 1.165) is 22.4 Å². The molecule has 24 heavy (non-hydrogen) atoms. The minimum atomic E-state index is -0.174. The number of aromatic hydroxyl groups is 1. The van der Waals surface area contributed by atoms with Gasteiger partial charge in [0.05, 0.1) is 15.1 Å². The van der Waals surface area contributed by atoms with Gasteiger partial charge in [0, 0.05) is 0 Å². The van der Waals surface area contributed by atoms with Crippen molar-refractivity contribution in [1.29, 1.82) is 0 Å². The summed E-state index contributed by atoms with van der Waals surface area (Å²) in [5.41, 5.74) is 3.91. The van der Waals surface area contributed by atoms with Crippen molar-refractivity contribution in [3.05, 3.63) is 62.5 Å². The molecule has 2 aromatic carbocycles. The van der Waals surface area contributed by atoms with Crippen molar-refractivity contribution in [2.75, 3.05) is 0 Å². The summed E-state index contributed by atoms with van der Waals surface area (Å²) >= 11 is 4.57. The van der Waals surface area contributed by atoms with E-state index in [1.54, 1.807) is 24.3 Å². The summed E-state index contributed by atoms with van der Waals surface area (Å²) in [5, 5.41) is 12.9. The largest absolute Gasteiger partial charge is 0.507 e. The molecule has 1 aliphatic heterocycles. The first kappa shape index (κ1) is 16.8. The molecule has 6 heteroatoms. The van der Waals surface area contributed by atoms with Gasteiger partial charge in [0.1, 0.15) is 5.75 Å². The van der Waals surface area contributed by atoms with Crippen molar-refractivity contribution in [2.45, 2.75) is 13.8 Å². The second-order valence-electron chi connectivity index (χ2n) is 5.54. The third kappa shape index (κ3) is 3.88. The number of carbonyl (C=O) groups is 1. The van der Waals surface area contributed by atoms with E-state index in [2.05, 4.69) is 32.3 Å². The lowest BCUT2D eigenvalue weighted by molar-refractivity contribution is -0.115. The maximum absolute atomic E-state index is 12.1. The van der Waals surface area contributed by atoms with Gasteiger partial charge in [0.25, 0.3) is 5.91 Å². The highest BCUT2D eigenvalue weighted by Gasteiger charge is 2.23. The summed E-state index contributed by atoms with van der Waals surface area (Å²) in [6.07, 6.45) is 1.77. The molecule has 1 amide bonds. The molecule has 0 aliphatic carbocycles. The summed E-state index contributed by atoms with van der Waals surface area (Å²) in [6.45, 7) is 4.04. The SMILES string of the molecule is Cc1cc(C)cc(N=C2NC(=O)/C(=C/c3ccc(O)c(Br)c3)S2)c1. The zero-order valence-corrected chi connectivity index (χ0v) is 15.5. The second-order valence-corrected chi connectivity index (χ2v) is 7.42. The van der Waals surface area contributed by atoms with E-state index in [9.17, 15) is 9.90 Å². The topological polar surface area (TPSA) is 61.7 Å². The predicted molar refractivity (Wildman–Crippen MR) is 103 cm³/mol. The number of aryl methyl sites for hydroxylation is 2. The van der Waals surface area contributed by atoms with Gasteiger partial charge in [-0.05, 0) is 88.6 Å². The minimum absolute atomic E-state index is 0.165. The monoisotopic (exact) mass is 402 g/mol. The molecule has 0 saturated carbocycles. The number of halogens is 1. The predicted octanol–water partition coefficient (Wildman–Crippen LogP) is 4.66. The molecule has 0 radical (unpaired) electrons. The van der Waals surface area contributed by atoms with Gasteiger partial charge < -0.3 is 10.4 Å². The first-order chi connectivity index (χ1) is 11.4. The van der Waals surface area contributed by atoms with Crippen LogP contribution < -0.4 is 5.32 Å². The number of hydrogen-bond acceptors (Lipinski definition) is 4. The van der Waals surface area contributed by atoms with Gasteiger partial charge in [-0.15, -0.1) is 0 Å². The van der Waals surface area contributed by atoms with Gasteiger partial charge in [-0.2, -0.15) is 0 Å². The van der Waals surface area contributed by atoms with Gasteiger partial charge in [0.15, 0.2) is 5.17 Å². The summed E-state index contributed by atoms with van der Waals surface area (Å²) in [5.74, 6) is -0.00920. The third-order valence-corrected chi connectivity index (χ3v) is 4.90. The zero-order valence-electron chi connectivity index (χ0n) is 13.1. The van der Waals surface area contributed by atoms with Gasteiger partial charge in [-0.3, -0.25) is 4.79 Å². The molecule has 0 atom stereocenters. The van der Waals surface area contributed by atoms with Crippen LogP contribution in [0.25, 0.3) is 6.08 Å². The number of thioether (sulfide) groups is 1. The molecule has 1 aliphatic rings. The van der Waals surface area contributed by atoms with Crippen molar-refractivity contribution < 1.29 is 9.90 Å². The fourth-order valence-electron chi connectivity index (χ4n) is 2.38. The maximum atomic E-state index is 12.1. The Morgan fingerprint density at radius 2 is 1.88 bits per heavy atom. The Bertz CT molecular complexity index is 870. The Morgan fingerprint density at radius 3 is 2.54 bits per heavy atom. The Hall–Kier alpha value is -2.05. The highest BCUT2D eigenvalue weighted by Crippen LogP contribution is 2.30. The number of amidine groups is 1. The van der Waals surface area contributed by atoms with E-state index in [1.807, 2.05) is 26.0 Å². The average Bonchev–Trinajstić information content (AvgIpc) is 2.81. The van der Waals surface area contributed by atoms with Crippen LogP contribution in [0.4, 0.5) is 5.69 Å². The molecule has 4 nitrogen and oxygen atoms in total. The van der Waals surface area contributed by atoms with E-state index in [1.165, 1.54) is 11.8 Å². The van der Waals surface area contributed by atoms with Crippen LogP contribution in [0.2, 0.25) is 0 Å². The number of aliphatic imine (C=N–C) groups is 1. The number of amides is 1. The smallest absolute Gasteiger partial charge is 0.264 e. The minimum Gasteiger partial charge on any atom is -0.507 e. The second kappa shape index (κ2) is 6.83. The van der Waals surface area contributed by atoms with E-state index in [-0.39, 0.29) is 11.7 Å². The van der Waals surface area contributed by atoms with Gasteiger partial charge in [-0.1, -0.05) is 12.1 Å². The Labute approximate surface area is 152 Å². The number of hydrogen-bond donors (Lipinski definition) is 2. The number of nitrogens with one attached hydrogen (secondary N) is 1. The van der Waals surface area contributed by atoms with Crippen molar-refractivity contribution in [2.24, 2.45) is 4.99 Å². The molecule has 0 spiro atoms. The Morgan fingerprint density at radius 1 is 1.17 bits per heavy atom. The lowest BCUT2D eigenvalue weighted by atomic mass is 10.1. The molecular weight excluding hydrogens is 388 g/mol. The summed E-state index contributed by atoms with van der Waals surface area (Å²) < 4.78 is 0.587. The molecular formula is C18H15BrN2O2S. The van der Waals surface area contributed by atoms with Crippen LogP contribution in [-0.4, -0.2) is 16.2 Å². The maximum Gasteiger partial charge on any atom is 0.264 e. The summed E-state index contributed by atoms with van der Waals surface area (Å²) in [7, 11) is 0. The average molecular weight is 403 g/mol. The van der Waals surface area contributed by atoms with Crippen LogP contribution in [0.3, 0.4) is 0 Å². The first-order valence-corrected chi connectivity index (χ1v) is 8.88. The molecule has 0 bridgehead atoms. The first-order valence-electron chi connectivity index (χ1n) is 7.27. The standard InChI is InChI=1S/C18H15BrN2O2S/c1-10-5-11(2)7-13(6-10)20-18-21-17(23)16(24-18)9-12-3-4-15(22)14(19)8-12/h3-9,22H,1-2H3,(H,20,21,23)/b16-9-. The van der Waals surface area contributed by atoms with Gasteiger partial charge >= 0.3 is 0 Å². The number of phenolic OH excluding ortho intramolecular Hbond substituents is 1. The van der Waals surface area contributed by atoms with Crippen LogP contribution in [0.15, 0.2) is 50.8 Å². The highest BCUT2D eigenvalue weighted by molar-refractivity contribution is 9.10. The summed E-state index contributed by atoms with van der Waals surface area (Å²) in [4.78, 5) is 17.2. The molecule has 1 fully saturated rings.